The molecule has 0 saturated carbocycles. The fraction of sp³-hybridized carbons (Fsp3) is 0.458. The van der Waals surface area contributed by atoms with Crippen LogP contribution in [0.15, 0.2) is 47.3 Å². The van der Waals surface area contributed by atoms with Crippen LogP contribution in [0.25, 0.3) is 0 Å². The van der Waals surface area contributed by atoms with Crippen LogP contribution in [0.4, 0.5) is 10.5 Å². The van der Waals surface area contributed by atoms with Crippen molar-refractivity contribution < 1.29 is 9.59 Å². The molecule has 0 aliphatic carbocycles. The number of rotatable bonds is 5. The second kappa shape index (κ2) is 9.36. The highest BCUT2D eigenvalue weighted by Gasteiger charge is 2.37. The zero-order valence-corrected chi connectivity index (χ0v) is 19.1. The van der Waals surface area contributed by atoms with E-state index in [0.29, 0.717) is 30.3 Å². The first-order valence-corrected chi connectivity index (χ1v) is 11.5. The van der Waals surface area contributed by atoms with Crippen molar-refractivity contribution in [2.45, 2.75) is 45.2 Å². The van der Waals surface area contributed by atoms with E-state index < -0.39 is 6.04 Å². The Morgan fingerprint density at radius 3 is 2.69 bits per heavy atom. The molecule has 1 saturated heterocycles. The van der Waals surface area contributed by atoms with Crippen LogP contribution in [0.1, 0.15) is 38.3 Å². The Bertz CT molecular complexity index is 1070. The summed E-state index contributed by atoms with van der Waals surface area (Å²) in [7, 11) is 0. The van der Waals surface area contributed by atoms with Crippen molar-refractivity contribution in [3.05, 3.63) is 63.5 Å². The lowest BCUT2D eigenvalue weighted by Gasteiger charge is -2.43. The van der Waals surface area contributed by atoms with Gasteiger partial charge in [0, 0.05) is 48.0 Å². The molecular formula is C24H29ClN4O3. The fourth-order valence-corrected chi connectivity index (χ4v) is 4.97. The van der Waals surface area contributed by atoms with Crippen LogP contribution in [0.5, 0.6) is 0 Å². The number of halogens is 1. The lowest BCUT2D eigenvalue weighted by Crippen LogP contribution is -2.56. The monoisotopic (exact) mass is 456 g/mol. The number of piperidine rings is 1. The maximum atomic E-state index is 13.2. The second-order valence-corrected chi connectivity index (χ2v) is 9.35. The van der Waals surface area contributed by atoms with Gasteiger partial charge in [-0.15, -0.1) is 0 Å². The maximum absolute atomic E-state index is 13.2. The molecule has 0 radical (unpaired) electrons. The lowest BCUT2D eigenvalue weighted by molar-refractivity contribution is -0.119. The zero-order chi connectivity index (χ0) is 22.8. The Balaban J connectivity index is 1.47. The van der Waals surface area contributed by atoms with Gasteiger partial charge in [0.2, 0.25) is 5.91 Å². The lowest BCUT2D eigenvalue weighted by atomic mass is 9.83. The minimum absolute atomic E-state index is 0.0182. The average molecular weight is 457 g/mol. The summed E-state index contributed by atoms with van der Waals surface area (Å²) >= 11 is 6.03. The van der Waals surface area contributed by atoms with Crippen molar-refractivity contribution in [3.63, 3.8) is 0 Å². The number of benzene rings is 1. The number of nitrogens with one attached hydrogen (secondary N) is 2. The number of fused-ring (bicyclic) bond motifs is 4. The minimum Gasteiger partial charge on any atom is -0.326 e. The average Bonchev–Trinajstić information content (AvgIpc) is 2.77. The zero-order valence-electron chi connectivity index (χ0n) is 18.4. The van der Waals surface area contributed by atoms with Gasteiger partial charge in [-0.05, 0) is 42.5 Å². The van der Waals surface area contributed by atoms with Crippen molar-refractivity contribution in [1.29, 1.82) is 0 Å². The van der Waals surface area contributed by atoms with Crippen molar-refractivity contribution in [2.24, 2.45) is 11.8 Å². The summed E-state index contributed by atoms with van der Waals surface area (Å²) in [6.45, 7) is 5.69. The predicted molar refractivity (Wildman–Crippen MR) is 125 cm³/mol. The van der Waals surface area contributed by atoms with E-state index in [1.54, 1.807) is 41.3 Å². The van der Waals surface area contributed by atoms with Crippen molar-refractivity contribution in [3.8, 4) is 0 Å². The van der Waals surface area contributed by atoms with Gasteiger partial charge in [-0.25, -0.2) is 4.79 Å². The van der Waals surface area contributed by atoms with Gasteiger partial charge >= 0.3 is 6.03 Å². The first-order valence-electron chi connectivity index (χ1n) is 11.2. The number of carbonyl (C=O) groups is 2. The third kappa shape index (κ3) is 4.67. The number of urea groups is 1. The van der Waals surface area contributed by atoms with Crippen LogP contribution in [0, 0.1) is 11.8 Å². The normalized spacial score (nSPS) is 21.3. The molecule has 4 atom stereocenters. The van der Waals surface area contributed by atoms with Gasteiger partial charge in [-0.1, -0.05) is 44.0 Å². The van der Waals surface area contributed by atoms with E-state index in [1.165, 1.54) is 0 Å². The number of nitrogens with zero attached hydrogens (tertiary/aromatic N) is 2. The Morgan fingerprint density at radius 1 is 1.16 bits per heavy atom. The van der Waals surface area contributed by atoms with Crippen LogP contribution in [0.3, 0.4) is 0 Å². The standard InChI is InChI=1S/C24H29ClN4O3/c1-3-15(2)22(23(31)26-19-7-4-6-18(25)11-19)27-24(32)28-12-16-10-17(14-28)20-8-5-9-21(30)29(20)13-16/h4-9,11,15-17,22H,3,10,12-14H2,1-2H3,(H,26,31)(H,27,32)/t15-,16+,17-,22-/m0/s1. The topological polar surface area (TPSA) is 83.4 Å². The molecule has 1 aromatic heterocycles. The van der Waals surface area contributed by atoms with Crippen LogP contribution in [-0.2, 0) is 11.3 Å². The van der Waals surface area contributed by atoms with Crippen LogP contribution in [0.2, 0.25) is 5.02 Å². The molecule has 170 valence electrons. The molecule has 2 aliphatic heterocycles. The number of aromatic nitrogens is 1. The quantitative estimate of drug-likeness (QED) is 0.719. The number of hydrogen-bond donors (Lipinski definition) is 2. The van der Waals surface area contributed by atoms with Crippen molar-refractivity contribution in [1.82, 2.24) is 14.8 Å². The van der Waals surface area contributed by atoms with Gasteiger partial charge in [-0.2, -0.15) is 0 Å². The highest BCUT2D eigenvalue weighted by atomic mass is 35.5. The molecule has 3 heterocycles. The van der Waals surface area contributed by atoms with Crippen molar-refractivity contribution in [2.75, 3.05) is 18.4 Å². The summed E-state index contributed by atoms with van der Waals surface area (Å²) in [5.74, 6) is 0.0599. The second-order valence-electron chi connectivity index (χ2n) is 8.92. The van der Waals surface area contributed by atoms with E-state index in [9.17, 15) is 14.4 Å². The molecule has 2 bridgehead atoms. The molecule has 2 aliphatic rings. The SMILES string of the molecule is CC[C@H](C)[C@H](NC(=O)N1C[C@H]2C[C@@H](C1)c1cccc(=O)n1C2)C(=O)Nc1cccc(Cl)c1. The number of pyridine rings is 1. The number of hydrogen-bond acceptors (Lipinski definition) is 3. The highest BCUT2D eigenvalue weighted by Crippen LogP contribution is 2.35. The van der Waals surface area contributed by atoms with Crippen LogP contribution >= 0.6 is 11.6 Å². The van der Waals surface area contributed by atoms with Crippen LogP contribution in [-0.4, -0.2) is 40.5 Å². The van der Waals surface area contributed by atoms with Gasteiger partial charge < -0.3 is 20.1 Å². The minimum atomic E-state index is -0.664. The van der Waals surface area contributed by atoms with E-state index in [2.05, 4.69) is 10.6 Å². The highest BCUT2D eigenvalue weighted by molar-refractivity contribution is 6.30. The van der Waals surface area contributed by atoms with Gasteiger partial charge in [0.1, 0.15) is 6.04 Å². The summed E-state index contributed by atoms with van der Waals surface area (Å²) < 4.78 is 1.84. The first-order chi connectivity index (χ1) is 15.4. The molecule has 8 heteroatoms. The van der Waals surface area contributed by atoms with Gasteiger partial charge in [-0.3, -0.25) is 9.59 Å². The first kappa shape index (κ1) is 22.4. The molecule has 0 unspecified atom stereocenters. The molecule has 2 N–H and O–H groups in total. The van der Waals surface area contributed by atoms with Crippen molar-refractivity contribution >= 4 is 29.2 Å². The molecule has 32 heavy (non-hydrogen) atoms. The molecular weight excluding hydrogens is 428 g/mol. The summed E-state index contributed by atoms with van der Waals surface area (Å²) in [5, 5.41) is 6.37. The van der Waals surface area contributed by atoms with E-state index in [0.717, 1.165) is 18.5 Å². The molecule has 0 spiro atoms. The smallest absolute Gasteiger partial charge is 0.318 e. The third-order valence-corrected chi connectivity index (χ3v) is 6.87. The number of amides is 3. The maximum Gasteiger partial charge on any atom is 0.318 e. The molecule has 1 aromatic carbocycles. The Morgan fingerprint density at radius 2 is 1.94 bits per heavy atom. The number of likely N-dealkylation sites (tertiary alicyclic amines) is 1. The van der Waals surface area contributed by atoms with Gasteiger partial charge in [0.15, 0.2) is 0 Å². The Hall–Kier alpha value is -2.80. The van der Waals surface area contributed by atoms with E-state index in [-0.39, 0.29) is 35.3 Å². The summed E-state index contributed by atoms with van der Waals surface area (Å²) in [6.07, 6.45) is 1.72. The van der Waals surface area contributed by atoms with E-state index in [4.69, 9.17) is 11.6 Å². The van der Waals surface area contributed by atoms with E-state index in [1.807, 2.05) is 24.5 Å². The molecule has 3 amide bonds. The Kier molecular flexibility index (Phi) is 6.55. The molecule has 1 fully saturated rings. The van der Waals surface area contributed by atoms with Gasteiger partial charge in [0.25, 0.3) is 5.56 Å². The summed E-state index contributed by atoms with van der Waals surface area (Å²) in [5.41, 5.74) is 1.60. The van der Waals surface area contributed by atoms with Crippen LogP contribution < -0.4 is 16.2 Å². The van der Waals surface area contributed by atoms with E-state index >= 15 is 0 Å². The Labute approximate surface area is 192 Å². The predicted octanol–water partition coefficient (Wildman–Crippen LogP) is 3.68. The number of carbonyl (C=O) groups excluding carboxylic acids is 2. The third-order valence-electron chi connectivity index (χ3n) is 6.63. The fourth-order valence-electron chi connectivity index (χ4n) is 4.77. The summed E-state index contributed by atoms with van der Waals surface area (Å²) in [4.78, 5) is 40.2. The molecule has 4 rings (SSSR count). The van der Waals surface area contributed by atoms with Gasteiger partial charge in [0.05, 0.1) is 0 Å². The molecule has 7 nitrogen and oxygen atoms in total. The summed E-state index contributed by atoms with van der Waals surface area (Å²) in [6, 6.07) is 11.4. The largest absolute Gasteiger partial charge is 0.326 e. The number of anilines is 1. The molecule has 2 aromatic rings.